The summed E-state index contributed by atoms with van der Waals surface area (Å²) in [5, 5.41) is 18.3. The largest absolute Gasteiger partial charge is 0.481 e. The summed E-state index contributed by atoms with van der Waals surface area (Å²) in [5.74, 6) is -0.721. The summed E-state index contributed by atoms with van der Waals surface area (Å²) in [6.45, 7) is 2.13. The Kier molecular flexibility index (Phi) is 17.1. The summed E-state index contributed by atoms with van der Waals surface area (Å²) < 4.78 is 0. The lowest BCUT2D eigenvalue weighted by atomic mass is 10.1. The molecule has 0 saturated carbocycles. The number of hydrogen-bond donors (Lipinski definition) is 2. The lowest BCUT2D eigenvalue weighted by molar-refractivity contribution is -0.137. The maximum atomic E-state index is 10.4. The molecule has 0 aromatic heterocycles. The number of carboxylic acid groups (broad SMARTS) is 1. The van der Waals surface area contributed by atoms with Crippen LogP contribution in [0.3, 0.4) is 0 Å². The Bertz CT molecular complexity index is 456. The molecule has 1 unspecified atom stereocenters. The van der Waals surface area contributed by atoms with E-state index in [1.165, 1.54) is 0 Å². The highest BCUT2D eigenvalue weighted by atomic mass is 16.4. The van der Waals surface area contributed by atoms with E-state index in [4.69, 9.17) is 5.11 Å². The number of aliphatic carboxylic acids is 1. The van der Waals surface area contributed by atoms with E-state index in [-0.39, 0.29) is 6.42 Å². The number of hydrogen-bond acceptors (Lipinski definition) is 2. The van der Waals surface area contributed by atoms with Crippen LogP contribution in [0.1, 0.15) is 64.7 Å². The molecule has 0 bridgehead atoms. The van der Waals surface area contributed by atoms with Crippen LogP contribution in [0.25, 0.3) is 0 Å². The van der Waals surface area contributed by atoms with E-state index in [1.807, 2.05) is 18.2 Å². The molecule has 0 aliphatic rings. The van der Waals surface area contributed by atoms with Gasteiger partial charge in [0.2, 0.25) is 0 Å². The first-order chi connectivity index (χ1) is 12.2. The van der Waals surface area contributed by atoms with Gasteiger partial charge in [-0.2, -0.15) is 0 Å². The molecule has 2 N–H and O–H groups in total. The molecule has 0 saturated heterocycles. The average Bonchev–Trinajstić information content (AvgIpc) is 2.58. The van der Waals surface area contributed by atoms with E-state index in [1.54, 1.807) is 6.08 Å². The van der Waals surface area contributed by atoms with Gasteiger partial charge in [-0.05, 0) is 44.9 Å². The number of allylic oxidation sites excluding steroid dienone is 8. The van der Waals surface area contributed by atoms with E-state index >= 15 is 0 Å². The van der Waals surface area contributed by atoms with Crippen molar-refractivity contribution < 1.29 is 15.0 Å². The molecule has 0 aliphatic heterocycles. The van der Waals surface area contributed by atoms with Crippen molar-refractivity contribution in [2.45, 2.75) is 70.8 Å². The van der Waals surface area contributed by atoms with Crippen molar-refractivity contribution in [2.24, 2.45) is 0 Å². The van der Waals surface area contributed by atoms with Gasteiger partial charge in [0.1, 0.15) is 0 Å². The summed E-state index contributed by atoms with van der Waals surface area (Å²) in [7, 11) is 0. The smallest absolute Gasteiger partial charge is 0.303 e. The Balaban J connectivity index is 3.63. The van der Waals surface area contributed by atoms with Crippen molar-refractivity contribution in [3.63, 3.8) is 0 Å². The van der Waals surface area contributed by atoms with Crippen LogP contribution in [-0.2, 0) is 4.79 Å². The summed E-state index contributed by atoms with van der Waals surface area (Å²) >= 11 is 0. The number of unbranched alkanes of at least 4 members (excludes halogenated alkanes) is 3. The van der Waals surface area contributed by atoms with Crippen LogP contribution in [-0.4, -0.2) is 22.3 Å². The molecule has 0 aromatic rings. The summed E-state index contributed by atoms with van der Waals surface area (Å²) in [4.78, 5) is 10.4. The fourth-order valence-electron chi connectivity index (χ4n) is 2.11. The monoisotopic (exact) mass is 346 g/mol. The summed E-state index contributed by atoms with van der Waals surface area (Å²) in [6.07, 6.45) is 27.4. The van der Waals surface area contributed by atoms with Gasteiger partial charge in [0.05, 0.1) is 6.10 Å². The zero-order valence-corrected chi connectivity index (χ0v) is 15.5. The van der Waals surface area contributed by atoms with Crippen LogP contribution in [0, 0.1) is 0 Å². The molecule has 0 heterocycles. The SMILES string of the molecule is CC/C=C\C/C=C\C/C=C\CC(O)/C=C/C=C\CCCCCC(=O)O. The van der Waals surface area contributed by atoms with Gasteiger partial charge in [-0.1, -0.05) is 74.1 Å². The van der Waals surface area contributed by atoms with E-state index in [0.717, 1.165) is 44.9 Å². The second-order valence-electron chi connectivity index (χ2n) is 5.90. The predicted molar refractivity (Wildman–Crippen MR) is 107 cm³/mol. The first kappa shape index (κ1) is 23.1. The van der Waals surface area contributed by atoms with Gasteiger partial charge < -0.3 is 10.2 Å². The summed E-state index contributed by atoms with van der Waals surface area (Å²) in [6, 6.07) is 0. The molecule has 0 aliphatic carbocycles. The van der Waals surface area contributed by atoms with Crippen LogP contribution >= 0.6 is 0 Å². The van der Waals surface area contributed by atoms with Crippen molar-refractivity contribution in [1.29, 1.82) is 0 Å². The van der Waals surface area contributed by atoms with E-state index in [2.05, 4.69) is 43.4 Å². The lowest BCUT2D eigenvalue weighted by Crippen LogP contribution is -1.98. The molecule has 0 aromatic carbocycles. The van der Waals surface area contributed by atoms with Crippen molar-refractivity contribution in [3.05, 3.63) is 60.8 Å². The molecule has 0 radical (unpaired) electrons. The number of carbonyl (C=O) groups is 1. The van der Waals surface area contributed by atoms with Gasteiger partial charge in [0, 0.05) is 6.42 Å². The molecule has 0 spiro atoms. The van der Waals surface area contributed by atoms with E-state index in [0.29, 0.717) is 6.42 Å². The fourth-order valence-corrected chi connectivity index (χ4v) is 2.11. The van der Waals surface area contributed by atoms with Crippen LogP contribution in [0.15, 0.2) is 60.8 Å². The fraction of sp³-hybridized carbons (Fsp3) is 0.500. The Morgan fingerprint density at radius 3 is 2.24 bits per heavy atom. The van der Waals surface area contributed by atoms with Crippen LogP contribution in [0.2, 0.25) is 0 Å². The van der Waals surface area contributed by atoms with Gasteiger partial charge >= 0.3 is 5.97 Å². The third-order valence-electron chi connectivity index (χ3n) is 3.50. The third kappa shape index (κ3) is 20.1. The Morgan fingerprint density at radius 2 is 1.56 bits per heavy atom. The number of aliphatic hydroxyl groups excluding tert-OH is 1. The Hall–Kier alpha value is -1.87. The minimum Gasteiger partial charge on any atom is -0.481 e. The highest BCUT2D eigenvalue weighted by Gasteiger charge is 1.95. The van der Waals surface area contributed by atoms with Gasteiger partial charge in [-0.25, -0.2) is 0 Å². The Labute approximate surface area is 153 Å². The van der Waals surface area contributed by atoms with Crippen LogP contribution < -0.4 is 0 Å². The third-order valence-corrected chi connectivity index (χ3v) is 3.50. The minimum atomic E-state index is -0.721. The van der Waals surface area contributed by atoms with Crippen LogP contribution in [0.5, 0.6) is 0 Å². The lowest BCUT2D eigenvalue weighted by Gasteiger charge is -1.99. The van der Waals surface area contributed by atoms with Crippen LogP contribution in [0.4, 0.5) is 0 Å². The van der Waals surface area contributed by atoms with Gasteiger partial charge in [0.15, 0.2) is 0 Å². The second-order valence-corrected chi connectivity index (χ2v) is 5.90. The quantitative estimate of drug-likeness (QED) is 0.226. The topological polar surface area (TPSA) is 57.5 Å². The molecule has 3 nitrogen and oxygen atoms in total. The molecule has 0 fully saturated rings. The van der Waals surface area contributed by atoms with Gasteiger partial charge in [-0.15, -0.1) is 0 Å². The maximum absolute atomic E-state index is 10.4. The number of rotatable bonds is 15. The molecule has 1 atom stereocenters. The first-order valence-corrected chi connectivity index (χ1v) is 9.35. The molecule has 3 heteroatoms. The number of carboxylic acids is 1. The van der Waals surface area contributed by atoms with Crippen molar-refractivity contribution in [2.75, 3.05) is 0 Å². The maximum Gasteiger partial charge on any atom is 0.303 e. The normalized spacial score (nSPS) is 14.0. The van der Waals surface area contributed by atoms with E-state index < -0.39 is 12.1 Å². The molecule has 25 heavy (non-hydrogen) atoms. The molecule has 0 rings (SSSR count). The summed E-state index contributed by atoms with van der Waals surface area (Å²) in [5.41, 5.74) is 0. The van der Waals surface area contributed by atoms with Gasteiger partial charge in [-0.3, -0.25) is 4.79 Å². The first-order valence-electron chi connectivity index (χ1n) is 9.35. The zero-order valence-electron chi connectivity index (χ0n) is 15.5. The van der Waals surface area contributed by atoms with Gasteiger partial charge in [0.25, 0.3) is 0 Å². The molecular formula is C22H34O3. The predicted octanol–water partition coefficient (Wildman–Crippen LogP) is 5.74. The minimum absolute atomic E-state index is 0.259. The highest BCUT2D eigenvalue weighted by Crippen LogP contribution is 2.04. The van der Waals surface area contributed by atoms with E-state index in [9.17, 15) is 9.90 Å². The Morgan fingerprint density at radius 1 is 0.880 bits per heavy atom. The average molecular weight is 347 g/mol. The standard InChI is InChI=1S/C22H34O3/c1-2-3-4-5-6-7-9-12-15-18-21(23)19-16-13-10-8-11-14-17-20-22(24)25/h3-4,6-7,10,12-13,15-16,19,21,23H,2,5,8-9,11,14,17-18,20H2,1H3,(H,24,25)/b4-3-,7-6-,13-10-,15-12-,19-16+. The van der Waals surface area contributed by atoms with Crippen molar-refractivity contribution in [3.8, 4) is 0 Å². The molecule has 0 amide bonds. The molecule has 140 valence electrons. The zero-order chi connectivity index (χ0) is 18.6. The number of aliphatic hydroxyl groups is 1. The second kappa shape index (κ2) is 18.5. The van der Waals surface area contributed by atoms with Crippen molar-refractivity contribution in [1.82, 2.24) is 0 Å². The molecular weight excluding hydrogens is 312 g/mol. The van der Waals surface area contributed by atoms with Crippen molar-refractivity contribution >= 4 is 5.97 Å². The highest BCUT2D eigenvalue weighted by molar-refractivity contribution is 5.66.